The van der Waals surface area contributed by atoms with Crippen molar-refractivity contribution in [2.24, 2.45) is 0 Å². The number of amides is 1. The molecular weight excluding hydrogens is 316 g/mol. The third-order valence-electron chi connectivity index (χ3n) is 4.61. The molecule has 1 amide bonds. The van der Waals surface area contributed by atoms with E-state index in [1.54, 1.807) is 13.2 Å². The fourth-order valence-electron chi connectivity index (χ4n) is 3.22. The molecule has 1 unspecified atom stereocenters. The Bertz CT molecular complexity index is 718. The van der Waals surface area contributed by atoms with E-state index in [4.69, 9.17) is 4.74 Å². The number of benzene rings is 2. The van der Waals surface area contributed by atoms with Crippen LogP contribution in [0.15, 0.2) is 48.5 Å². The standard InChI is InChI=1S/C20H24N2O3/c1-25-18-11-5-9-16(19(18)23)13-21-17-10-6-12-22(14-17)20(24)15-7-3-2-4-8-15/h2-5,7-9,11,17,21,23H,6,10,12-14H2,1H3. The van der Waals surface area contributed by atoms with Crippen molar-refractivity contribution >= 4 is 5.91 Å². The van der Waals surface area contributed by atoms with Crippen LogP contribution >= 0.6 is 0 Å². The Kier molecular flexibility index (Phi) is 5.56. The zero-order chi connectivity index (χ0) is 17.6. The summed E-state index contributed by atoms with van der Waals surface area (Å²) in [6.07, 6.45) is 1.99. The van der Waals surface area contributed by atoms with Crippen molar-refractivity contribution < 1.29 is 14.6 Å². The van der Waals surface area contributed by atoms with Gasteiger partial charge in [0, 0.05) is 36.8 Å². The average molecular weight is 340 g/mol. The second-order valence-corrected chi connectivity index (χ2v) is 6.31. The van der Waals surface area contributed by atoms with Crippen LogP contribution in [0.25, 0.3) is 0 Å². The molecule has 0 radical (unpaired) electrons. The summed E-state index contributed by atoms with van der Waals surface area (Å²) in [6.45, 7) is 2.01. The number of likely N-dealkylation sites (tertiary alicyclic amines) is 1. The lowest BCUT2D eigenvalue weighted by atomic mass is 10.0. The maximum Gasteiger partial charge on any atom is 0.253 e. The quantitative estimate of drug-likeness (QED) is 0.879. The first-order valence-electron chi connectivity index (χ1n) is 8.61. The first-order chi connectivity index (χ1) is 12.2. The largest absolute Gasteiger partial charge is 0.504 e. The zero-order valence-corrected chi connectivity index (χ0v) is 14.4. The van der Waals surface area contributed by atoms with Crippen LogP contribution in [0.3, 0.4) is 0 Å². The maximum atomic E-state index is 12.6. The van der Waals surface area contributed by atoms with Gasteiger partial charge in [0.1, 0.15) is 0 Å². The molecular formula is C20H24N2O3. The Morgan fingerprint density at radius 3 is 2.80 bits per heavy atom. The third kappa shape index (κ3) is 4.12. The van der Waals surface area contributed by atoms with Crippen LogP contribution in [-0.2, 0) is 6.54 Å². The number of para-hydroxylation sites is 1. The Balaban J connectivity index is 1.60. The van der Waals surface area contributed by atoms with Gasteiger partial charge < -0.3 is 20.1 Å². The van der Waals surface area contributed by atoms with Gasteiger partial charge in [-0.1, -0.05) is 30.3 Å². The van der Waals surface area contributed by atoms with Crippen molar-refractivity contribution in [1.82, 2.24) is 10.2 Å². The minimum atomic E-state index is 0.0799. The fraction of sp³-hybridized carbons (Fsp3) is 0.350. The topological polar surface area (TPSA) is 61.8 Å². The number of hydrogen-bond acceptors (Lipinski definition) is 4. The molecule has 132 valence electrons. The molecule has 2 aromatic carbocycles. The number of nitrogens with zero attached hydrogens (tertiary/aromatic N) is 1. The predicted molar refractivity (Wildman–Crippen MR) is 96.9 cm³/mol. The third-order valence-corrected chi connectivity index (χ3v) is 4.61. The second-order valence-electron chi connectivity index (χ2n) is 6.31. The summed E-state index contributed by atoms with van der Waals surface area (Å²) in [7, 11) is 1.54. The molecule has 2 N–H and O–H groups in total. The molecule has 1 saturated heterocycles. The number of rotatable bonds is 5. The summed E-state index contributed by atoms with van der Waals surface area (Å²) in [5.74, 6) is 0.727. The molecule has 1 heterocycles. The molecule has 5 heteroatoms. The smallest absolute Gasteiger partial charge is 0.253 e. The molecule has 1 atom stereocenters. The molecule has 25 heavy (non-hydrogen) atoms. The van der Waals surface area contributed by atoms with E-state index in [2.05, 4.69) is 5.32 Å². The fourth-order valence-corrected chi connectivity index (χ4v) is 3.22. The summed E-state index contributed by atoms with van der Waals surface area (Å²) in [4.78, 5) is 14.5. The summed E-state index contributed by atoms with van der Waals surface area (Å²) in [6, 6.07) is 15.1. The number of phenols is 1. The number of aromatic hydroxyl groups is 1. The lowest BCUT2D eigenvalue weighted by Gasteiger charge is -2.33. The number of carbonyl (C=O) groups excluding carboxylic acids is 1. The molecule has 1 aliphatic heterocycles. The van der Waals surface area contributed by atoms with E-state index in [1.165, 1.54) is 0 Å². The Hall–Kier alpha value is -2.53. The van der Waals surface area contributed by atoms with Crippen LogP contribution in [0, 0.1) is 0 Å². The lowest BCUT2D eigenvalue weighted by molar-refractivity contribution is 0.0694. The number of nitrogens with one attached hydrogen (secondary N) is 1. The van der Waals surface area contributed by atoms with Crippen LogP contribution in [-0.4, -0.2) is 42.2 Å². The van der Waals surface area contributed by atoms with Gasteiger partial charge in [-0.2, -0.15) is 0 Å². The van der Waals surface area contributed by atoms with Gasteiger partial charge in [0.2, 0.25) is 0 Å². The number of carbonyl (C=O) groups is 1. The summed E-state index contributed by atoms with van der Waals surface area (Å²) in [5.41, 5.74) is 1.53. The van der Waals surface area contributed by atoms with Crippen LogP contribution in [0.2, 0.25) is 0 Å². The number of hydrogen-bond donors (Lipinski definition) is 2. The van der Waals surface area contributed by atoms with Crippen molar-refractivity contribution in [3.05, 3.63) is 59.7 Å². The molecule has 0 spiro atoms. The number of methoxy groups -OCH3 is 1. The Labute approximate surface area is 148 Å². The number of phenolic OH excluding ortho intramolecular Hbond substituents is 1. The van der Waals surface area contributed by atoms with Gasteiger partial charge >= 0.3 is 0 Å². The van der Waals surface area contributed by atoms with E-state index in [0.29, 0.717) is 18.8 Å². The van der Waals surface area contributed by atoms with Crippen molar-refractivity contribution in [3.8, 4) is 11.5 Å². The maximum absolute atomic E-state index is 12.6. The first kappa shape index (κ1) is 17.3. The molecule has 2 aromatic rings. The van der Waals surface area contributed by atoms with E-state index in [9.17, 15) is 9.90 Å². The van der Waals surface area contributed by atoms with Crippen molar-refractivity contribution in [2.45, 2.75) is 25.4 Å². The van der Waals surface area contributed by atoms with Crippen molar-refractivity contribution in [1.29, 1.82) is 0 Å². The van der Waals surface area contributed by atoms with Crippen LogP contribution in [0.1, 0.15) is 28.8 Å². The van der Waals surface area contributed by atoms with Crippen LogP contribution in [0.5, 0.6) is 11.5 Å². The summed E-state index contributed by atoms with van der Waals surface area (Å²) in [5, 5.41) is 13.6. The zero-order valence-electron chi connectivity index (χ0n) is 14.4. The normalized spacial score (nSPS) is 17.3. The minimum absolute atomic E-state index is 0.0799. The van der Waals surface area contributed by atoms with E-state index in [-0.39, 0.29) is 17.7 Å². The SMILES string of the molecule is COc1cccc(CNC2CCCN(C(=O)c3ccccc3)C2)c1O. The van der Waals surface area contributed by atoms with E-state index >= 15 is 0 Å². The molecule has 0 bridgehead atoms. The Morgan fingerprint density at radius 1 is 1.24 bits per heavy atom. The molecule has 5 nitrogen and oxygen atoms in total. The molecule has 0 aromatic heterocycles. The average Bonchev–Trinajstić information content (AvgIpc) is 2.67. The first-order valence-corrected chi connectivity index (χ1v) is 8.61. The van der Waals surface area contributed by atoms with E-state index in [1.807, 2.05) is 47.4 Å². The van der Waals surface area contributed by atoms with Gasteiger partial charge in [0.15, 0.2) is 11.5 Å². The predicted octanol–water partition coefficient (Wildman–Crippen LogP) is 2.80. The second kappa shape index (κ2) is 8.03. The molecule has 1 fully saturated rings. The van der Waals surface area contributed by atoms with Crippen LogP contribution in [0.4, 0.5) is 0 Å². The van der Waals surface area contributed by atoms with Gasteiger partial charge in [0.05, 0.1) is 7.11 Å². The number of piperidine rings is 1. The molecule has 0 saturated carbocycles. The van der Waals surface area contributed by atoms with Crippen LogP contribution < -0.4 is 10.1 Å². The minimum Gasteiger partial charge on any atom is -0.504 e. The van der Waals surface area contributed by atoms with Gasteiger partial charge in [0.25, 0.3) is 5.91 Å². The highest BCUT2D eigenvalue weighted by Gasteiger charge is 2.24. The van der Waals surface area contributed by atoms with E-state index in [0.717, 1.165) is 30.5 Å². The summed E-state index contributed by atoms with van der Waals surface area (Å²) >= 11 is 0. The highest BCUT2D eigenvalue weighted by molar-refractivity contribution is 5.94. The molecule has 3 rings (SSSR count). The van der Waals surface area contributed by atoms with Crippen molar-refractivity contribution in [2.75, 3.05) is 20.2 Å². The Morgan fingerprint density at radius 2 is 2.04 bits per heavy atom. The van der Waals surface area contributed by atoms with E-state index < -0.39 is 0 Å². The lowest BCUT2D eigenvalue weighted by Crippen LogP contribution is -2.47. The highest BCUT2D eigenvalue weighted by atomic mass is 16.5. The van der Waals surface area contributed by atoms with Gasteiger partial charge in [-0.15, -0.1) is 0 Å². The van der Waals surface area contributed by atoms with Gasteiger partial charge in [-0.3, -0.25) is 4.79 Å². The summed E-state index contributed by atoms with van der Waals surface area (Å²) < 4.78 is 5.14. The van der Waals surface area contributed by atoms with Crippen molar-refractivity contribution in [3.63, 3.8) is 0 Å². The number of ether oxygens (including phenoxy) is 1. The molecule has 0 aliphatic carbocycles. The van der Waals surface area contributed by atoms with Gasteiger partial charge in [-0.25, -0.2) is 0 Å². The monoisotopic (exact) mass is 340 g/mol. The van der Waals surface area contributed by atoms with Gasteiger partial charge in [-0.05, 0) is 31.0 Å². The highest BCUT2D eigenvalue weighted by Crippen LogP contribution is 2.29. The molecule has 1 aliphatic rings.